The number of halogens is 1. The highest BCUT2D eigenvalue weighted by molar-refractivity contribution is 6.04. The molecule has 0 atom stereocenters. The Labute approximate surface area is 197 Å². The minimum absolute atomic E-state index is 0.223. The average Bonchev–Trinajstić information content (AvgIpc) is 2.85. The summed E-state index contributed by atoms with van der Waals surface area (Å²) in [6.07, 6.45) is 4.74. The standard InChI is InChI=1S/C27H25FN2O4/c1-3-14-34-24-12-10-19(16-25(24)33-2)11-13-26(31)29-18-20-6-4-9-23(15-20)30-27(32)21-7-5-8-22(28)17-21/h3-13,15-17H,1,14,18H2,2H3,(H,29,31)(H,30,32)/b13-11+. The first kappa shape index (κ1) is 24.3. The fourth-order valence-electron chi connectivity index (χ4n) is 3.07. The number of hydrogen-bond acceptors (Lipinski definition) is 4. The van der Waals surface area contributed by atoms with Gasteiger partial charge in [0.05, 0.1) is 7.11 Å². The van der Waals surface area contributed by atoms with Crippen LogP contribution in [0.25, 0.3) is 6.08 Å². The second-order valence-electron chi connectivity index (χ2n) is 7.23. The molecule has 3 rings (SSSR count). The number of benzene rings is 3. The molecule has 3 aromatic rings. The van der Waals surface area contributed by atoms with E-state index in [1.54, 1.807) is 49.6 Å². The molecule has 34 heavy (non-hydrogen) atoms. The van der Waals surface area contributed by atoms with Crippen LogP contribution in [0.5, 0.6) is 11.5 Å². The summed E-state index contributed by atoms with van der Waals surface area (Å²) >= 11 is 0. The Hall–Kier alpha value is -4.39. The molecule has 2 N–H and O–H groups in total. The van der Waals surface area contributed by atoms with Crippen LogP contribution in [0.2, 0.25) is 0 Å². The molecule has 0 aromatic heterocycles. The van der Waals surface area contributed by atoms with Crippen molar-refractivity contribution in [2.45, 2.75) is 6.54 Å². The Bertz CT molecular complexity index is 1210. The van der Waals surface area contributed by atoms with Crippen LogP contribution in [-0.2, 0) is 11.3 Å². The van der Waals surface area contributed by atoms with Gasteiger partial charge in [0.15, 0.2) is 11.5 Å². The Morgan fingerprint density at radius 3 is 2.62 bits per heavy atom. The number of hydrogen-bond donors (Lipinski definition) is 2. The van der Waals surface area contributed by atoms with Gasteiger partial charge >= 0.3 is 0 Å². The van der Waals surface area contributed by atoms with Crippen LogP contribution < -0.4 is 20.1 Å². The van der Waals surface area contributed by atoms with Crippen LogP contribution in [0.3, 0.4) is 0 Å². The van der Waals surface area contributed by atoms with Crippen molar-refractivity contribution in [1.29, 1.82) is 0 Å². The molecule has 0 aliphatic heterocycles. The first-order chi connectivity index (χ1) is 16.5. The third kappa shape index (κ3) is 7.06. The highest BCUT2D eigenvalue weighted by Gasteiger charge is 2.08. The molecule has 0 heterocycles. The Kier molecular flexibility index (Phi) is 8.57. The second-order valence-corrected chi connectivity index (χ2v) is 7.23. The molecule has 6 nitrogen and oxygen atoms in total. The van der Waals surface area contributed by atoms with Crippen LogP contribution in [0.1, 0.15) is 21.5 Å². The van der Waals surface area contributed by atoms with E-state index in [1.165, 1.54) is 30.3 Å². The van der Waals surface area contributed by atoms with Gasteiger partial charge in [0, 0.05) is 23.9 Å². The lowest BCUT2D eigenvalue weighted by Gasteiger charge is -2.10. The van der Waals surface area contributed by atoms with Crippen molar-refractivity contribution in [2.24, 2.45) is 0 Å². The zero-order valence-electron chi connectivity index (χ0n) is 18.7. The van der Waals surface area contributed by atoms with Crippen LogP contribution in [0.15, 0.2) is 85.5 Å². The molecule has 0 fully saturated rings. The summed E-state index contributed by atoms with van der Waals surface area (Å²) in [7, 11) is 1.55. The molecule has 0 bridgehead atoms. The summed E-state index contributed by atoms with van der Waals surface area (Å²) in [5.41, 5.74) is 2.34. The lowest BCUT2D eigenvalue weighted by atomic mass is 10.1. The van der Waals surface area contributed by atoms with Crippen molar-refractivity contribution in [1.82, 2.24) is 5.32 Å². The molecule has 7 heteroatoms. The van der Waals surface area contributed by atoms with Gasteiger partial charge in [0.1, 0.15) is 12.4 Å². The topological polar surface area (TPSA) is 76.7 Å². The van der Waals surface area contributed by atoms with Crippen molar-refractivity contribution in [3.8, 4) is 11.5 Å². The maximum absolute atomic E-state index is 13.3. The van der Waals surface area contributed by atoms with Crippen LogP contribution in [-0.4, -0.2) is 25.5 Å². The smallest absolute Gasteiger partial charge is 0.255 e. The SMILES string of the molecule is C=CCOc1ccc(/C=C/C(=O)NCc2cccc(NC(=O)c3cccc(F)c3)c2)cc1OC. The largest absolute Gasteiger partial charge is 0.493 e. The number of amides is 2. The number of methoxy groups -OCH3 is 1. The third-order valence-corrected chi connectivity index (χ3v) is 4.71. The normalized spacial score (nSPS) is 10.5. The lowest BCUT2D eigenvalue weighted by Crippen LogP contribution is -2.20. The van der Waals surface area contributed by atoms with E-state index in [0.717, 1.165) is 11.1 Å². The van der Waals surface area contributed by atoms with Crippen LogP contribution in [0.4, 0.5) is 10.1 Å². The molecule has 0 radical (unpaired) electrons. The first-order valence-electron chi connectivity index (χ1n) is 10.5. The zero-order chi connectivity index (χ0) is 24.3. The number of rotatable bonds is 10. The molecule has 0 aliphatic rings. The van der Waals surface area contributed by atoms with E-state index < -0.39 is 11.7 Å². The van der Waals surface area contributed by atoms with Crippen molar-refractivity contribution >= 4 is 23.6 Å². The summed E-state index contributed by atoms with van der Waals surface area (Å²) in [5, 5.41) is 5.53. The van der Waals surface area contributed by atoms with E-state index in [0.29, 0.717) is 23.8 Å². The summed E-state index contributed by atoms with van der Waals surface area (Å²) in [4.78, 5) is 24.6. The summed E-state index contributed by atoms with van der Waals surface area (Å²) in [6.45, 7) is 4.25. The summed E-state index contributed by atoms with van der Waals surface area (Å²) in [6, 6.07) is 17.9. The van der Waals surface area contributed by atoms with Gasteiger partial charge in [-0.25, -0.2) is 4.39 Å². The molecular formula is C27H25FN2O4. The summed E-state index contributed by atoms with van der Waals surface area (Å²) < 4.78 is 24.2. The van der Waals surface area contributed by atoms with Crippen molar-refractivity contribution in [2.75, 3.05) is 19.0 Å². The average molecular weight is 461 g/mol. The highest BCUT2D eigenvalue weighted by atomic mass is 19.1. The molecule has 3 aromatic carbocycles. The number of carbonyl (C=O) groups excluding carboxylic acids is 2. The second kappa shape index (κ2) is 12.0. The van der Waals surface area contributed by atoms with Gasteiger partial charge in [-0.2, -0.15) is 0 Å². The minimum atomic E-state index is -0.479. The lowest BCUT2D eigenvalue weighted by molar-refractivity contribution is -0.116. The highest BCUT2D eigenvalue weighted by Crippen LogP contribution is 2.28. The number of anilines is 1. The molecule has 0 saturated carbocycles. The number of nitrogens with one attached hydrogen (secondary N) is 2. The predicted molar refractivity (Wildman–Crippen MR) is 130 cm³/mol. The van der Waals surface area contributed by atoms with Gasteiger partial charge in [0.25, 0.3) is 5.91 Å². The number of carbonyl (C=O) groups is 2. The van der Waals surface area contributed by atoms with Gasteiger partial charge in [-0.3, -0.25) is 9.59 Å². The van der Waals surface area contributed by atoms with Gasteiger partial charge in [-0.15, -0.1) is 0 Å². The van der Waals surface area contributed by atoms with Gasteiger partial charge in [-0.05, 0) is 59.7 Å². The van der Waals surface area contributed by atoms with E-state index in [1.807, 2.05) is 12.1 Å². The molecule has 0 saturated heterocycles. The van der Waals surface area contributed by atoms with Crippen LogP contribution >= 0.6 is 0 Å². The fourth-order valence-corrected chi connectivity index (χ4v) is 3.07. The fraction of sp³-hybridized carbons (Fsp3) is 0.111. The first-order valence-corrected chi connectivity index (χ1v) is 10.5. The van der Waals surface area contributed by atoms with Gasteiger partial charge in [0.2, 0.25) is 5.91 Å². The van der Waals surface area contributed by atoms with Crippen molar-refractivity contribution in [3.63, 3.8) is 0 Å². The van der Waals surface area contributed by atoms with E-state index in [4.69, 9.17) is 9.47 Å². The van der Waals surface area contributed by atoms with E-state index in [2.05, 4.69) is 17.2 Å². The molecule has 0 spiro atoms. The minimum Gasteiger partial charge on any atom is -0.493 e. The van der Waals surface area contributed by atoms with E-state index in [9.17, 15) is 14.0 Å². The number of ether oxygens (including phenoxy) is 2. The molecule has 2 amide bonds. The Morgan fingerprint density at radius 2 is 1.85 bits per heavy atom. The van der Waals surface area contributed by atoms with Crippen molar-refractivity contribution < 1.29 is 23.5 Å². The van der Waals surface area contributed by atoms with Crippen molar-refractivity contribution in [3.05, 3.63) is 108 Å². The zero-order valence-corrected chi connectivity index (χ0v) is 18.7. The molecular weight excluding hydrogens is 435 g/mol. The quantitative estimate of drug-likeness (QED) is 0.330. The third-order valence-electron chi connectivity index (χ3n) is 4.71. The van der Waals surface area contributed by atoms with Gasteiger partial charge in [-0.1, -0.05) is 36.9 Å². The Morgan fingerprint density at radius 1 is 1.03 bits per heavy atom. The van der Waals surface area contributed by atoms with Crippen LogP contribution in [0, 0.1) is 5.82 Å². The molecule has 174 valence electrons. The van der Waals surface area contributed by atoms with E-state index in [-0.39, 0.29) is 18.0 Å². The molecule has 0 unspecified atom stereocenters. The predicted octanol–water partition coefficient (Wildman–Crippen LogP) is 4.98. The Balaban J connectivity index is 1.56. The maximum atomic E-state index is 13.3. The van der Waals surface area contributed by atoms with E-state index >= 15 is 0 Å². The summed E-state index contributed by atoms with van der Waals surface area (Å²) in [5.74, 6) is -0.0254. The monoisotopic (exact) mass is 460 g/mol. The maximum Gasteiger partial charge on any atom is 0.255 e. The molecule has 0 aliphatic carbocycles. The van der Waals surface area contributed by atoms with Gasteiger partial charge < -0.3 is 20.1 Å².